The molecule has 1 saturated heterocycles. The average molecular weight is 506 g/mol. The molecule has 1 aliphatic heterocycles. The summed E-state index contributed by atoms with van der Waals surface area (Å²) in [4.78, 5) is 28.6. The molecule has 1 fully saturated rings. The van der Waals surface area contributed by atoms with Gasteiger partial charge in [-0.15, -0.1) is 0 Å². The smallest absolute Gasteiger partial charge is 0.257 e. The topological polar surface area (TPSA) is 86.8 Å². The van der Waals surface area contributed by atoms with Crippen LogP contribution in [0, 0.1) is 0 Å². The Morgan fingerprint density at radius 1 is 0.806 bits per heavy atom. The monoisotopic (exact) mass is 505 g/mol. The zero-order chi connectivity index (χ0) is 25.5. The molecule has 2 amide bonds. The number of benzene rings is 3. The largest absolute Gasteiger partial charge is 0.339 e. The Morgan fingerprint density at radius 2 is 1.39 bits per heavy atom. The van der Waals surface area contributed by atoms with Gasteiger partial charge in [-0.3, -0.25) is 13.9 Å². The normalized spacial score (nSPS) is 14.1. The highest BCUT2D eigenvalue weighted by atomic mass is 32.2. The van der Waals surface area contributed by atoms with Gasteiger partial charge in [-0.2, -0.15) is 0 Å². The molecule has 0 aromatic heterocycles. The molecule has 0 unspecified atom stereocenters. The summed E-state index contributed by atoms with van der Waals surface area (Å²) in [5.74, 6) is -0.591. The van der Waals surface area contributed by atoms with Gasteiger partial charge in [-0.05, 0) is 42.7 Å². The van der Waals surface area contributed by atoms with Crippen LogP contribution in [0.2, 0.25) is 0 Å². The molecule has 4 rings (SSSR count). The highest BCUT2D eigenvalue weighted by Gasteiger charge is 2.25. The Bertz CT molecular complexity index is 1320. The average Bonchev–Trinajstić information content (AvgIpc) is 3.17. The zero-order valence-electron chi connectivity index (χ0n) is 20.4. The summed E-state index contributed by atoms with van der Waals surface area (Å²) in [6.45, 7) is 1.49. The molecule has 1 aliphatic rings. The van der Waals surface area contributed by atoms with Crippen LogP contribution in [0.1, 0.15) is 52.0 Å². The summed E-state index contributed by atoms with van der Waals surface area (Å²) in [6, 6.07) is 22.8. The molecule has 0 atom stereocenters. The third-order valence-electron chi connectivity index (χ3n) is 6.29. The van der Waals surface area contributed by atoms with E-state index in [0.29, 0.717) is 24.3 Å². The van der Waals surface area contributed by atoms with Gasteiger partial charge in [-0.25, -0.2) is 8.42 Å². The molecule has 188 valence electrons. The number of hydrogen-bond acceptors (Lipinski definition) is 4. The fourth-order valence-corrected chi connectivity index (χ4v) is 5.33. The Labute approximate surface area is 212 Å². The summed E-state index contributed by atoms with van der Waals surface area (Å²) in [7, 11) is -3.69. The van der Waals surface area contributed by atoms with Crippen LogP contribution >= 0.6 is 0 Å². The van der Waals surface area contributed by atoms with E-state index in [2.05, 4.69) is 5.32 Å². The van der Waals surface area contributed by atoms with Crippen molar-refractivity contribution < 1.29 is 18.0 Å². The first kappa shape index (κ1) is 25.4. The minimum absolute atomic E-state index is 0.0913. The first-order valence-corrected chi connectivity index (χ1v) is 14.0. The number of rotatable bonds is 7. The second-order valence-electron chi connectivity index (χ2n) is 8.98. The summed E-state index contributed by atoms with van der Waals surface area (Å²) in [5.41, 5.74) is 2.11. The molecule has 8 heteroatoms. The van der Waals surface area contributed by atoms with Crippen molar-refractivity contribution in [3.05, 3.63) is 95.6 Å². The predicted octanol–water partition coefficient (Wildman–Crippen LogP) is 4.92. The number of nitrogens with zero attached hydrogens (tertiary/aromatic N) is 2. The van der Waals surface area contributed by atoms with Gasteiger partial charge in [0.25, 0.3) is 11.8 Å². The first-order valence-electron chi connectivity index (χ1n) is 12.1. The maximum atomic E-state index is 13.5. The van der Waals surface area contributed by atoms with Crippen LogP contribution in [0.3, 0.4) is 0 Å². The molecule has 3 aromatic rings. The second-order valence-corrected chi connectivity index (χ2v) is 10.9. The molecule has 0 bridgehead atoms. The van der Waals surface area contributed by atoms with Gasteiger partial charge in [0.05, 0.1) is 35.3 Å². The second kappa shape index (κ2) is 11.4. The van der Waals surface area contributed by atoms with E-state index in [-0.39, 0.29) is 23.7 Å². The fraction of sp³-hybridized carbons (Fsp3) is 0.286. The van der Waals surface area contributed by atoms with Crippen LogP contribution in [-0.2, 0) is 16.6 Å². The van der Waals surface area contributed by atoms with Crippen LogP contribution in [0.5, 0.6) is 0 Å². The van der Waals surface area contributed by atoms with E-state index in [0.717, 1.165) is 37.5 Å². The number of likely N-dealkylation sites (tertiary alicyclic amines) is 1. The maximum Gasteiger partial charge on any atom is 0.257 e. The summed E-state index contributed by atoms with van der Waals surface area (Å²) < 4.78 is 26.7. The van der Waals surface area contributed by atoms with E-state index in [1.54, 1.807) is 48.5 Å². The lowest BCUT2D eigenvalue weighted by molar-refractivity contribution is 0.0762. The quantitative estimate of drug-likeness (QED) is 0.494. The Balaban J connectivity index is 1.63. The van der Waals surface area contributed by atoms with Gasteiger partial charge in [0.15, 0.2) is 0 Å². The van der Waals surface area contributed by atoms with Crippen LogP contribution in [0.4, 0.5) is 11.4 Å². The van der Waals surface area contributed by atoms with Crippen molar-refractivity contribution in [2.75, 3.05) is 29.0 Å². The van der Waals surface area contributed by atoms with Gasteiger partial charge in [0.1, 0.15) is 0 Å². The van der Waals surface area contributed by atoms with E-state index in [1.165, 1.54) is 4.31 Å². The maximum absolute atomic E-state index is 13.5. The number of nitrogens with one attached hydrogen (secondary N) is 1. The summed E-state index contributed by atoms with van der Waals surface area (Å²) in [6.07, 6.45) is 5.28. The molecule has 1 heterocycles. The number of anilines is 2. The van der Waals surface area contributed by atoms with Crippen LogP contribution in [0.15, 0.2) is 78.9 Å². The van der Waals surface area contributed by atoms with Crippen LogP contribution < -0.4 is 9.62 Å². The molecule has 7 nitrogen and oxygen atoms in total. The lowest BCUT2D eigenvalue weighted by Crippen LogP contribution is -2.33. The van der Waals surface area contributed by atoms with Gasteiger partial charge < -0.3 is 10.2 Å². The Morgan fingerprint density at radius 3 is 2.06 bits per heavy atom. The Hall–Kier alpha value is -3.65. The van der Waals surface area contributed by atoms with Gasteiger partial charge >= 0.3 is 0 Å². The molecule has 36 heavy (non-hydrogen) atoms. The fourth-order valence-electron chi connectivity index (χ4n) is 4.43. The number of hydrogen-bond donors (Lipinski definition) is 1. The third-order valence-corrected chi connectivity index (χ3v) is 7.41. The first-order chi connectivity index (χ1) is 17.3. The highest BCUT2D eigenvalue weighted by Crippen LogP contribution is 2.27. The van der Waals surface area contributed by atoms with Crippen molar-refractivity contribution in [2.24, 2.45) is 0 Å². The van der Waals surface area contributed by atoms with Gasteiger partial charge in [0, 0.05) is 13.1 Å². The van der Waals surface area contributed by atoms with E-state index in [4.69, 9.17) is 0 Å². The predicted molar refractivity (Wildman–Crippen MR) is 143 cm³/mol. The molecule has 3 aromatic carbocycles. The lowest BCUT2D eigenvalue weighted by atomic mass is 10.1. The van der Waals surface area contributed by atoms with Crippen molar-refractivity contribution in [1.82, 2.24) is 4.90 Å². The standard InChI is InChI=1S/C28H31N3O4S/c1-36(34,35)31(21-22-13-5-4-6-14-22)26-18-10-8-16-24(26)27(32)29-25-17-9-7-15-23(25)28(33)30-19-11-2-3-12-20-30/h4-10,13-18H,2-3,11-12,19-21H2,1H3,(H,29,32). The van der Waals surface area contributed by atoms with Crippen molar-refractivity contribution in [3.63, 3.8) is 0 Å². The van der Waals surface area contributed by atoms with Crippen molar-refractivity contribution >= 4 is 33.2 Å². The summed E-state index contributed by atoms with van der Waals surface area (Å²) in [5, 5.41) is 2.87. The number of para-hydroxylation sites is 2. The van der Waals surface area contributed by atoms with Crippen molar-refractivity contribution in [1.29, 1.82) is 0 Å². The highest BCUT2D eigenvalue weighted by molar-refractivity contribution is 7.92. The van der Waals surface area contributed by atoms with Crippen molar-refractivity contribution in [3.8, 4) is 0 Å². The SMILES string of the molecule is CS(=O)(=O)N(Cc1ccccc1)c1ccccc1C(=O)Nc1ccccc1C(=O)N1CCCCCC1. The molecule has 0 spiro atoms. The van der Waals surface area contributed by atoms with E-state index in [1.807, 2.05) is 35.2 Å². The van der Waals surface area contributed by atoms with Crippen LogP contribution in [-0.4, -0.2) is 44.5 Å². The van der Waals surface area contributed by atoms with E-state index < -0.39 is 15.9 Å². The number of amides is 2. The number of carbonyl (C=O) groups is 2. The van der Waals surface area contributed by atoms with Crippen LogP contribution in [0.25, 0.3) is 0 Å². The molecular weight excluding hydrogens is 474 g/mol. The molecule has 0 aliphatic carbocycles. The molecular formula is C28H31N3O4S. The lowest BCUT2D eigenvalue weighted by Gasteiger charge is -2.25. The minimum atomic E-state index is -3.69. The molecule has 0 saturated carbocycles. The Kier molecular flexibility index (Phi) is 8.05. The van der Waals surface area contributed by atoms with Gasteiger partial charge in [0.2, 0.25) is 10.0 Å². The molecule has 0 radical (unpaired) electrons. The zero-order valence-corrected chi connectivity index (χ0v) is 21.2. The number of sulfonamides is 1. The third kappa shape index (κ3) is 6.12. The van der Waals surface area contributed by atoms with E-state index >= 15 is 0 Å². The van der Waals surface area contributed by atoms with Crippen molar-refractivity contribution in [2.45, 2.75) is 32.2 Å². The van der Waals surface area contributed by atoms with Gasteiger partial charge in [-0.1, -0.05) is 67.4 Å². The minimum Gasteiger partial charge on any atom is -0.339 e. The number of carbonyl (C=O) groups excluding carboxylic acids is 2. The van der Waals surface area contributed by atoms with E-state index in [9.17, 15) is 18.0 Å². The summed E-state index contributed by atoms with van der Waals surface area (Å²) >= 11 is 0. The molecule has 1 N–H and O–H groups in total.